The van der Waals surface area contributed by atoms with Crippen LogP contribution in [0.5, 0.6) is 0 Å². The van der Waals surface area contributed by atoms with Gasteiger partial charge in [-0.3, -0.25) is 4.57 Å². The summed E-state index contributed by atoms with van der Waals surface area (Å²) in [5, 5.41) is 19.0. The molecule has 0 fully saturated rings. The first-order valence-corrected chi connectivity index (χ1v) is 7.98. The minimum Gasteiger partial charge on any atom is -0.390 e. The number of benzene rings is 1. The third kappa shape index (κ3) is 4.06. The molecule has 0 aliphatic heterocycles. The average Bonchev–Trinajstić information content (AvgIpc) is 2.84. The van der Waals surface area contributed by atoms with E-state index >= 15 is 0 Å². The summed E-state index contributed by atoms with van der Waals surface area (Å²) in [6.45, 7) is 6.87. The first kappa shape index (κ1) is 16.0. The first-order chi connectivity index (χ1) is 10.1. The predicted molar refractivity (Wildman–Crippen MR) is 84.1 cm³/mol. The van der Waals surface area contributed by atoms with Gasteiger partial charge in [0.05, 0.1) is 18.4 Å². The van der Waals surface area contributed by atoms with Crippen LogP contribution in [-0.2, 0) is 4.74 Å². The molecule has 0 saturated heterocycles. The van der Waals surface area contributed by atoms with Crippen LogP contribution >= 0.6 is 11.8 Å². The van der Waals surface area contributed by atoms with E-state index < -0.39 is 6.10 Å². The van der Waals surface area contributed by atoms with Crippen LogP contribution in [0.2, 0.25) is 0 Å². The lowest BCUT2D eigenvalue weighted by molar-refractivity contribution is 0.0551. The van der Waals surface area contributed by atoms with Crippen molar-refractivity contribution < 1.29 is 9.84 Å². The van der Waals surface area contributed by atoms with Crippen molar-refractivity contribution >= 4 is 11.8 Å². The zero-order valence-electron chi connectivity index (χ0n) is 12.6. The van der Waals surface area contributed by atoms with E-state index in [0.717, 1.165) is 22.2 Å². The summed E-state index contributed by atoms with van der Waals surface area (Å²) < 4.78 is 7.24. The van der Waals surface area contributed by atoms with E-state index in [0.29, 0.717) is 19.0 Å². The van der Waals surface area contributed by atoms with Crippen LogP contribution in [-0.4, -0.2) is 44.9 Å². The molecule has 21 heavy (non-hydrogen) atoms. The van der Waals surface area contributed by atoms with Gasteiger partial charge in [-0.15, -0.1) is 10.2 Å². The lowest BCUT2D eigenvalue weighted by atomic mass is 10.2. The molecule has 1 unspecified atom stereocenters. The maximum Gasteiger partial charge on any atom is 0.195 e. The Morgan fingerprint density at radius 2 is 2.05 bits per heavy atom. The highest BCUT2D eigenvalue weighted by molar-refractivity contribution is 7.99. The number of hydrogen-bond acceptors (Lipinski definition) is 5. The van der Waals surface area contributed by atoms with E-state index in [2.05, 4.69) is 23.2 Å². The molecule has 1 heterocycles. The van der Waals surface area contributed by atoms with Crippen LogP contribution in [0.4, 0.5) is 0 Å². The van der Waals surface area contributed by atoms with Crippen molar-refractivity contribution in [2.75, 3.05) is 19.0 Å². The Bertz CT molecular complexity index is 586. The van der Waals surface area contributed by atoms with Crippen molar-refractivity contribution in [1.82, 2.24) is 14.8 Å². The van der Waals surface area contributed by atoms with Crippen LogP contribution in [0.3, 0.4) is 0 Å². The van der Waals surface area contributed by atoms with Crippen molar-refractivity contribution in [2.24, 2.45) is 0 Å². The monoisotopic (exact) mass is 307 g/mol. The van der Waals surface area contributed by atoms with Gasteiger partial charge < -0.3 is 9.84 Å². The standard InChI is InChI=1S/C15H21N3O2S/c1-4-20-9-13(19)10-21-15-17-16-12(3)18(15)14-8-6-5-7-11(14)2/h5-8,13,19H,4,9-10H2,1-3H3. The molecule has 0 radical (unpaired) electrons. The van der Waals surface area contributed by atoms with E-state index in [1.807, 2.05) is 36.6 Å². The molecule has 5 nitrogen and oxygen atoms in total. The molecule has 0 aliphatic rings. The van der Waals surface area contributed by atoms with Gasteiger partial charge >= 0.3 is 0 Å². The van der Waals surface area contributed by atoms with Crippen molar-refractivity contribution in [2.45, 2.75) is 32.0 Å². The second-order valence-corrected chi connectivity index (χ2v) is 5.76. The summed E-state index contributed by atoms with van der Waals surface area (Å²) in [4.78, 5) is 0. The van der Waals surface area contributed by atoms with Gasteiger partial charge in [-0.2, -0.15) is 0 Å². The van der Waals surface area contributed by atoms with Gasteiger partial charge in [0.15, 0.2) is 5.16 Å². The van der Waals surface area contributed by atoms with E-state index in [4.69, 9.17) is 4.74 Å². The smallest absolute Gasteiger partial charge is 0.195 e. The molecule has 0 bridgehead atoms. The van der Waals surface area contributed by atoms with E-state index in [1.165, 1.54) is 11.8 Å². The minimum absolute atomic E-state index is 0.348. The summed E-state index contributed by atoms with van der Waals surface area (Å²) >= 11 is 1.49. The number of nitrogens with zero attached hydrogens (tertiary/aromatic N) is 3. The summed E-state index contributed by atoms with van der Waals surface area (Å²) in [6.07, 6.45) is -0.503. The SMILES string of the molecule is CCOCC(O)CSc1nnc(C)n1-c1ccccc1C. The third-order valence-electron chi connectivity index (χ3n) is 3.07. The molecule has 0 saturated carbocycles. The Balaban J connectivity index is 2.14. The number of aryl methyl sites for hydroxylation is 2. The summed E-state index contributed by atoms with van der Waals surface area (Å²) in [5.41, 5.74) is 2.24. The number of aliphatic hydroxyl groups is 1. The highest BCUT2D eigenvalue weighted by Crippen LogP contribution is 2.24. The zero-order chi connectivity index (χ0) is 15.2. The molecule has 1 aromatic carbocycles. The van der Waals surface area contributed by atoms with Gasteiger partial charge in [0.2, 0.25) is 0 Å². The molecule has 2 aromatic rings. The minimum atomic E-state index is -0.503. The molecule has 1 aromatic heterocycles. The van der Waals surface area contributed by atoms with Crippen molar-refractivity contribution in [3.05, 3.63) is 35.7 Å². The van der Waals surface area contributed by atoms with E-state index in [1.54, 1.807) is 0 Å². The molecular weight excluding hydrogens is 286 g/mol. The molecule has 6 heteroatoms. The number of rotatable bonds is 7. The number of aromatic nitrogens is 3. The average molecular weight is 307 g/mol. The van der Waals surface area contributed by atoms with Gasteiger partial charge in [0.1, 0.15) is 5.82 Å². The van der Waals surface area contributed by atoms with Crippen LogP contribution < -0.4 is 0 Å². The molecule has 0 amide bonds. The van der Waals surface area contributed by atoms with Crippen LogP contribution in [0.25, 0.3) is 5.69 Å². The molecule has 0 spiro atoms. The predicted octanol–water partition coefficient (Wildman–Crippen LogP) is 2.37. The molecule has 1 atom stereocenters. The number of hydrogen-bond donors (Lipinski definition) is 1. The highest BCUT2D eigenvalue weighted by atomic mass is 32.2. The molecule has 0 aliphatic carbocycles. The molecule has 1 N–H and O–H groups in total. The molecule has 114 valence electrons. The van der Waals surface area contributed by atoms with E-state index in [9.17, 15) is 5.11 Å². The van der Waals surface area contributed by atoms with E-state index in [-0.39, 0.29) is 0 Å². The number of para-hydroxylation sites is 1. The van der Waals surface area contributed by atoms with Gasteiger partial charge in [-0.05, 0) is 32.4 Å². The second-order valence-electron chi connectivity index (χ2n) is 4.78. The Hall–Kier alpha value is -1.37. The van der Waals surface area contributed by atoms with Crippen LogP contribution in [0, 0.1) is 13.8 Å². The van der Waals surface area contributed by atoms with Gasteiger partial charge in [0.25, 0.3) is 0 Å². The fourth-order valence-corrected chi connectivity index (χ4v) is 2.90. The molecule has 2 rings (SSSR count). The largest absolute Gasteiger partial charge is 0.390 e. The topological polar surface area (TPSA) is 60.2 Å². The van der Waals surface area contributed by atoms with Crippen LogP contribution in [0.1, 0.15) is 18.3 Å². The Morgan fingerprint density at radius 1 is 1.29 bits per heavy atom. The Morgan fingerprint density at radius 3 is 2.76 bits per heavy atom. The fourth-order valence-electron chi connectivity index (χ4n) is 2.00. The number of ether oxygens (including phenoxy) is 1. The summed E-state index contributed by atoms with van der Waals surface area (Å²) in [7, 11) is 0. The highest BCUT2D eigenvalue weighted by Gasteiger charge is 2.14. The normalized spacial score (nSPS) is 12.6. The third-order valence-corrected chi connectivity index (χ3v) is 4.14. The Kier molecular flexibility index (Phi) is 5.78. The summed E-state index contributed by atoms with van der Waals surface area (Å²) in [5.74, 6) is 1.37. The van der Waals surface area contributed by atoms with Crippen molar-refractivity contribution in [1.29, 1.82) is 0 Å². The lowest BCUT2D eigenvalue weighted by Crippen LogP contribution is -2.18. The lowest BCUT2D eigenvalue weighted by Gasteiger charge is -2.13. The quantitative estimate of drug-likeness (QED) is 0.796. The maximum absolute atomic E-state index is 9.86. The molecular formula is C15H21N3O2S. The Labute approximate surface area is 129 Å². The van der Waals surface area contributed by atoms with Crippen LogP contribution in [0.15, 0.2) is 29.4 Å². The van der Waals surface area contributed by atoms with Crippen molar-refractivity contribution in [3.8, 4) is 5.69 Å². The van der Waals surface area contributed by atoms with Gasteiger partial charge in [-0.1, -0.05) is 30.0 Å². The van der Waals surface area contributed by atoms with Gasteiger partial charge in [0, 0.05) is 12.4 Å². The number of aliphatic hydroxyl groups excluding tert-OH is 1. The van der Waals surface area contributed by atoms with Crippen molar-refractivity contribution in [3.63, 3.8) is 0 Å². The second kappa shape index (κ2) is 7.59. The first-order valence-electron chi connectivity index (χ1n) is 7.00. The number of thioether (sulfide) groups is 1. The maximum atomic E-state index is 9.86. The van der Waals surface area contributed by atoms with Gasteiger partial charge in [-0.25, -0.2) is 0 Å². The zero-order valence-corrected chi connectivity index (χ0v) is 13.4. The summed E-state index contributed by atoms with van der Waals surface area (Å²) in [6, 6.07) is 8.12. The fraction of sp³-hybridized carbons (Fsp3) is 0.467.